The van der Waals surface area contributed by atoms with E-state index in [4.69, 9.17) is 9.94 Å². The summed E-state index contributed by atoms with van der Waals surface area (Å²) in [6.45, 7) is 1.74. The molecule has 2 N–H and O–H groups in total. The predicted octanol–water partition coefficient (Wildman–Crippen LogP) is 2.84. The van der Waals surface area contributed by atoms with Crippen molar-refractivity contribution < 1.29 is 31.9 Å². The van der Waals surface area contributed by atoms with E-state index in [2.05, 4.69) is 0 Å². The summed E-state index contributed by atoms with van der Waals surface area (Å²) in [6, 6.07) is 7.56. The van der Waals surface area contributed by atoms with E-state index < -0.39 is 26.6 Å². The number of alkyl halides is 2. The molecule has 1 aromatic rings. The van der Waals surface area contributed by atoms with Gasteiger partial charge in [-0.3, -0.25) is 10.0 Å². The van der Waals surface area contributed by atoms with Crippen molar-refractivity contribution in [3.8, 4) is 0 Å². The molecular formula is C21H30F2N2O5S. The van der Waals surface area contributed by atoms with Crippen LogP contribution in [0, 0.1) is 0 Å². The monoisotopic (exact) mass is 460 g/mol. The van der Waals surface area contributed by atoms with Gasteiger partial charge in [-0.25, -0.2) is 27.0 Å². The standard InChI is InChI=1S/C21H30F2N2O5S/c1-20(22,23)9-6-16-2-4-17(5-3-16)18-7-12-25(13-8-18)31(28,29)21(19(26)24-27)10-14-30-15-11-21/h2-5,18,27H,6-15H2,1H3,(H,24,26). The predicted molar refractivity (Wildman–Crippen MR) is 111 cm³/mol. The minimum Gasteiger partial charge on any atom is -0.381 e. The number of benzene rings is 1. The Kier molecular flexibility index (Phi) is 7.35. The maximum absolute atomic E-state index is 13.3. The van der Waals surface area contributed by atoms with Gasteiger partial charge >= 0.3 is 0 Å². The van der Waals surface area contributed by atoms with Crippen molar-refractivity contribution in [1.82, 2.24) is 9.79 Å². The van der Waals surface area contributed by atoms with Crippen LogP contribution in [-0.4, -0.2) is 60.8 Å². The van der Waals surface area contributed by atoms with Gasteiger partial charge in [0.05, 0.1) is 0 Å². The molecule has 0 unspecified atom stereocenters. The summed E-state index contributed by atoms with van der Waals surface area (Å²) in [6.07, 6.45) is 1.30. The van der Waals surface area contributed by atoms with E-state index in [1.807, 2.05) is 24.3 Å². The van der Waals surface area contributed by atoms with E-state index in [0.717, 1.165) is 18.1 Å². The first-order chi connectivity index (χ1) is 14.6. The Labute approximate surface area is 181 Å². The lowest BCUT2D eigenvalue weighted by atomic mass is 9.89. The fourth-order valence-electron chi connectivity index (χ4n) is 4.40. The Morgan fingerprint density at radius 1 is 1.23 bits per heavy atom. The first kappa shape index (κ1) is 24.0. The van der Waals surface area contributed by atoms with Crippen LogP contribution in [0.25, 0.3) is 0 Å². The van der Waals surface area contributed by atoms with E-state index in [0.29, 0.717) is 19.3 Å². The number of nitrogens with zero attached hydrogens (tertiary/aromatic N) is 1. The third kappa shape index (κ3) is 5.24. The van der Waals surface area contributed by atoms with Crippen molar-refractivity contribution in [2.24, 2.45) is 0 Å². The Hall–Kier alpha value is -1.62. The summed E-state index contributed by atoms with van der Waals surface area (Å²) in [5.41, 5.74) is 3.44. The number of amides is 1. The Morgan fingerprint density at radius 2 is 1.81 bits per heavy atom. The molecule has 10 heteroatoms. The maximum atomic E-state index is 13.3. The second-order valence-electron chi connectivity index (χ2n) is 8.54. The molecule has 2 aliphatic heterocycles. The lowest BCUT2D eigenvalue weighted by Gasteiger charge is -2.40. The van der Waals surface area contributed by atoms with Crippen molar-refractivity contribution >= 4 is 15.9 Å². The SMILES string of the molecule is CC(F)(F)CCc1ccc(C2CCN(S(=O)(=O)C3(C(=O)NO)CCOCC3)CC2)cc1. The average Bonchev–Trinajstić information content (AvgIpc) is 2.77. The highest BCUT2D eigenvalue weighted by atomic mass is 32.2. The quantitative estimate of drug-likeness (QED) is 0.482. The van der Waals surface area contributed by atoms with Gasteiger partial charge < -0.3 is 4.74 Å². The first-order valence-corrected chi connectivity index (χ1v) is 12.0. The highest BCUT2D eigenvalue weighted by Gasteiger charge is 2.54. The lowest BCUT2D eigenvalue weighted by Crippen LogP contribution is -2.60. The number of sulfonamides is 1. The highest BCUT2D eigenvalue weighted by Crippen LogP contribution is 2.37. The van der Waals surface area contributed by atoms with Crippen molar-refractivity contribution in [2.75, 3.05) is 26.3 Å². The summed E-state index contributed by atoms with van der Waals surface area (Å²) < 4.78 is 57.6. The zero-order valence-electron chi connectivity index (χ0n) is 17.6. The van der Waals surface area contributed by atoms with Crippen LogP contribution in [0.1, 0.15) is 56.1 Å². The number of piperidine rings is 1. The van der Waals surface area contributed by atoms with Gasteiger partial charge in [0, 0.05) is 45.6 Å². The molecule has 0 spiro atoms. The number of nitrogens with one attached hydrogen (secondary N) is 1. The summed E-state index contributed by atoms with van der Waals surface area (Å²) in [5.74, 6) is -3.44. The fourth-order valence-corrected chi connectivity index (χ4v) is 6.55. The number of rotatable bonds is 7. The number of ether oxygens (including phenoxy) is 1. The number of aryl methyl sites for hydroxylation is 1. The molecule has 0 aromatic heterocycles. The number of hydrogen-bond acceptors (Lipinski definition) is 5. The minimum absolute atomic E-state index is 0.0000763. The molecule has 174 valence electrons. The van der Waals surface area contributed by atoms with Gasteiger partial charge in [-0.15, -0.1) is 0 Å². The summed E-state index contributed by atoms with van der Waals surface area (Å²) >= 11 is 0. The van der Waals surface area contributed by atoms with E-state index in [1.54, 1.807) is 0 Å². The van der Waals surface area contributed by atoms with Crippen LogP contribution in [-0.2, 0) is 26.0 Å². The van der Waals surface area contributed by atoms with Crippen LogP contribution in [0.2, 0.25) is 0 Å². The van der Waals surface area contributed by atoms with Gasteiger partial charge in [-0.2, -0.15) is 0 Å². The van der Waals surface area contributed by atoms with Crippen LogP contribution >= 0.6 is 0 Å². The minimum atomic E-state index is -3.98. The third-order valence-corrected chi connectivity index (χ3v) is 9.03. The van der Waals surface area contributed by atoms with Gasteiger partial charge in [0.1, 0.15) is 0 Å². The fraction of sp³-hybridized carbons (Fsp3) is 0.667. The molecule has 1 amide bonds. The van der Waals surface area contributed by atoms with E-state index in [9.17, 15) is 22.0 Å². The molecule has 2 fully saturated rings. The second kappa shape index (κ2) is 9.48. The molecule has 7 nitrogen and oxygen atoms in total. The number of hydroxylamine groups is 1. The lowest BCUT2D eigenvalue weighted by molar-refractivity contribution is -0.134. The molecule has 31 heavy (non-hydrogen) atoms. The number of carbonyl (C=O) groups is 1. The first-order valence-electron chi connectivity index (χ1n) is 10.6. The van der Waals surface area contributed by atoms with Crippen LogP contribution in [0.5, 0.6) is 0 Å². The van der Waals surface area contributed by atoms with Crippen molar-refractivity contribution in [3.63, 3.8) is 0 Å². The van der Waals surface area contributed by atoms with Gasteiger partial charge in [0.15, 0.2) is 4.75 Å². The zero-order chi connectivity index (χ0) is 22.7. The van der Waals surface area contributed by atoms with Crippen molar-refractivity contribution in [3.05, 3.63) is 35.4 Å². The molecule has 2 aliphatic rings. The van der Waals surface area contributed by atoms with Gasteiger partial charge in [0.25, 0.3) is 5.91 Å². The Bertz CT molecular complexity index is 857. The van der Waals surface area contributed by atoms with E-state index in [-0.39, 0.29) is 51.5 Å². The zero-order valence-corrected chi connectivity index (χ0v) is 18.5. The molecule has 3 rings (SSSR count). The van der Waals surface area contributed by atoms with Gasteiger partial charge in [0.2, 0.25) is 15.9 Å². The topological polar surface area (TPSA) is 95.9 Å². The van der Waals surface area contributed by atoms with E-state index in [1.165, 1.54) is 9.79 Å². The largest absolute Gasteiger partial charge is 0.381 e. The van der Waals surface area contributed by atoms with Crippen molar-refractivity contribution in [2.45, 2.75) is 62.0 Å². The van der Waals surface area contributed by atoms with Gasteiger partial charge in [-0.1, -0.05) is 24.3 Å². The van der Waals surface area contributed by atoms with Crippen LogP contribution in [0.4, 0.5) is 8.78 Å². The number of carbonyl (C=O) groups excluding carboxylic acids is 1. The van der Waals surface area contributed by atoms with Crippen molar-refractivity contribution in [1.29, 1.82) is 0 Å². The van der Waals surface area contributed by atoms with Crippen LogP contribution in [0.15, 0.2) is 24.3 Å². The Balaban J connectivity index is 1.65. The molecule has 2 saturated heterocycles. The number of hydrogen-bond donors (Lipinski definition) is 2. The smallest absolute Gasteiger partial charge is 0.266 e. The summed E-state index contributed by atoms with van der Waals surface area (Å²) in [5, 5.41) is 9.14. The summed E-state index contributed by atoms with van der Waals surface area (Å²) in [4.78, 5) is 12.3. The average molecular weight is 461 g/mol. The molecule has 2 heterocycles. The molecule has 0 aliphatic carbocycles. The van der Waals surface area contributed by atoms with E-state index >= 15 is 0 Å². The summed E-state index contributed by atoms with van der Waals surface area (Å²) in [7, 11) is -3.98. The molecule has 0 saturated carbocycles. The molecular weight excluding hydrogens is 430 g/mol. The van der Waals surface area contributed by atoms with Crippen LogP contribution in [0.3, 0.4) is 0 Å². The molecule has 0 bridgehead atoms. The number of halogens is 2. The van der Waals surface area contributed by atoms with Gasteiger partial charge in [-0.05, 0) is 43.2 Å². The van der Waals surface area contributed by atoms with Crippen LogP contribution < -0.4 is 5.48 Å². The second-order valence-corrected chi connectivity index (χ2v) is 10.8. The molecule has 0 atom stereocenters. The molecule has 0 radical (unpaired) electrons. The highest BCUT2D eigenvalue weighted by molar-refractivity contribution is 7.91. The molecule has 1 aromatic carbocycles. The Morgan fingerprint density at radius 3 is 2.32 bits per heavy atom. The third-order valence-electron chi connectivity index (χ3n) is 6.41. The maximum Gasteiger partial charge on any atom is 0.266 e. The normalized spacial score (nSPS) is 21.0.